The number of hydrogen-bond acceptors (Lipinski definition) is 5. The molecule has 1 aromatic carbocycles. The van der Waals surface area contributed by atoms with Gasteiger partial charge in [-0.3, -0.25) is 4.90 Å². The highest BCUT2D eigenvalue weighted by atomic mass is 16.5. The molecule has 5 heteroatoms. The van der Waals surface area contributed by atoms with Crippen molar-refractivity contribution in [1.29, 1.82) is 0 Å². The van der Waals surface area contributed by atoms with Gasteiger partial charge in [0.15, 0.2) is 0 Å². The van der Waals surface area contributed by atoms with Crippen LogP contribution in [0, 0.1) is 6.92 Å². The molecule has 0 saturated heterocycles. The zero-order valence-electron chi connectivity index (χ0n) is 14.8. The Bertz CT molecular complexity index is 644. The third-order valence-corrected chi connectivity index (χ3v) is 3.80. The second-order valence-corrected chi connectivity index (χ2v) is 6.57. The van der Waals surface area contributed by atoms with E-state index < -0.39 is 0 Å². The molecule has 0 unspecified atom stereocenters. The lowest BCUT2D eigenvalue weighted by atomic mass is 10.0. The van der Waals surface area contributed by atoms with Gasteiger partial charge in [-0.25, -0.2) is 4.98 Å². The normalized spacial score (nSPS) is 11.8. The molecule has 2 rings (SSSR count). The van der Waals surface area contributed by atoms with E-state index in [1.807, 2.05) is 25.1 Å². The molecule has 1 heterocycles. The monoisotopic (exact) mass is 318 g/mol. The van der Waals surface area contributed by atoms with Crippen molar-refractivity contribution < 1.29 is 13.9 Å². The van der Waals surface area contributed by atoms with Crippen LogP contribution in [0.2, 0.25) is 0 Å². The number of hydrogen-bond donors (Lipinski definition) is 0. The van der Waals surface area contributed by atoms with Gasteiger partial charge in [0.1, 0.15) is 17.3 Å². The van der Waals surface area contributed by atoms with E-state index in [1.165, 1.54) is 0 Å². The maximum atomic E-state index is 5.64. The van der Waals surface area contributed by atoms with E-state index in [1.54, 1.807) is 20.4 Å². The largest absolute Gasteiger partial charge is 0.497 e. The molecule has 0 bridgehead atoms. The number of aromatic nitrogens is 1. The molecule has 0 spiro atoms. The first kappa shape index (κ1) is 17.3. The summed E-state index contributed by atoms with van der Waals surface area (Å²) < 4.78 is 16.4. The fourth-order valence-corrected chi connectivity index (χ4v) is 2.36. The molecular weight excluding hydrogens is 292 g/mol. The van der Waals surface area contributed by atoms with Crippen LogP contribution in [0.3, 0.4) is 0 Å². The van der Waals surface area contributed by atoms with Crippen LogP contribution in [0.5, 0.6) is 11.5 Å². The summed E-state index contributed by atoms with van der Waals surface area (Å²) in [5.41, 5.74) is 1.07. The topological polar surface area (TPSA) is 47.7 Å². The van der Waals surface area contributed by atoms with Crippen molar-refractivity contribution in [1.82, 2.24) is 9.88 Å². The lowest BCUT2D eigenvalue weighted by Crippen LogP contribution is -2.40. The molecule has 0 atom stereocenters. The zero-order valence-corrected chi connectivity index (χ0v) is 14.8. The van der Waals surface area contributed by atoms with Crippen molar-refractivity contribution >= 4 is 0 Å². The second kappa shape index (κ2) is 7.04. The van der Waals surface area contributed by atoms with Gasteiger partial charge in [-0.1, -0.05) is 6.07 Å². The fourth-order valence-electron chi connectivity index (χ4n) is 2.36. The maximum Gasteiger partial charge on any atom is 0.208 e. The van der Waals surface area contributed by atoms with Gasteiger partial charge in [-0.15, -0.1) is 0 Å². The quantitative estimate of drug-likeness (QED) is 0.811. The van der Waals surface area contributed by atoms with Crippen LogP contribution in [-0.4, -0.2) is 29.6 Å². The Morgan fingerprint density at radius 3 is 2.39 bits per heavy atom. The minimum Gasteiger partial charge on any atom is -0.497 e. The molecule has 0 aliphatic carbocycles. The molecule has 2 aromatic rings. The average Bonchev–Trinajstić information content (AvgIpc) is 2.91. The van der Waals surface area contributed by atoms with Gasteiger partial charge in [-0.2, -0.15) is 0 Å². The summed E-state index contributed by atoms with van der Waals surface area (Å²) in [4.78, 5) is 6.63. The lowest BCUT2D eigenvalue weighted by Gasteiger charge is -2.35. The molecule has 0 N–H and O–H groups in total. The third kappa shape index (κ3) is 4.48. The van der Waals surface area contributed by atoms with Gasteiger partial charge in [0.05, 0.1) is 27.0 Å². The van der Waals surface area contributed by atoms with E-state index in [2.05, 4.69) is 30.7 Å². The van der Waals surface area contributed by atoms with Gasteiger partial charge in [0.2, 0.25) is 5.89 Å². The Morgan fingerprint density at radius 1 is 1.13 bits per heavy atom. The second-order valence-electron chi connectivity index (χ2n) is 6.57. The Hall–Kier alpha value is -2.01. The summed E-state index contributed by atoms with van der Waals surface area (Å²) in [6.45, 7) is 9.82. The van der Waals surface area contributed by atoms with Crippen LogP contribution < -0.4 is 9.47 Å². The van der Waals surface area contributed by atoms with Crippen LogP contribution in [0.15, 0.2) is 28.8 Å². The number of nitrogens with zero attached hydrogens (tertiary/aromatic N) is 2. The van der Waals surface area contributed by atoms with Crippen LogP contribution in [0.1, 0.15) is 38.0 Å². The van der Waals surface area contributed by atoms with Crippen molar-refractivity contribution in [3.8, 4) is 11.5 Å². The van der Waals surface area contributed by atoms with Crippen LogP contribution in [0.4, 0.5) is 0 Å². The highest BCUT2D eigenvalue weighted by Crippen LogP contribution is 2.28. The molecule has 0 amide bonds. The molecule has 0 aliphatic rings. The predicted molar refractivity (Wildman–Crippen MR) is 89.8 cm³/mol. The minimum absolute atomic E-state index is 0.0344. The highest BCUT2D eigenvalue weighted by molar-refractivity contribution is 5.40. The maximum absolute atomic E-state index is 5.64. The predicted octanol–water partition coefficient (Wildman–Crippen LogP) is 3.80. The van der Waals surface area contributed by atoms with Crippen molar-refractivity contribution in [3.63, 3.8) is 0 Å². The smallest absolute Gasteiger partial charge is 0.208 e. The Kier molecular flexibility index (Phi) is 5.31. The summed E-state index contributed by atoms with van der Waals surface area (Å²) >= 11 is 0. The zero-order chi connectivity index (χ0) is 17.0. The van der Waals surface area contributed by atoms with E-state index in [0.717, 1.165) is 35.3 Å². The van der Waals surface area contributed by atoms with E-state index in [4.69, 9.17) is 13.9 Å². The fraction of sp³-hybridized carbons (Fsp3) is 0.500. The highest BCUT2D eigenvalue weighted by Gasteiger charge is 2.24. The van der Waals surface area contributed by atoms with Crippen molar-refractivity contribution in [2.75, 3.05) is 14.2 Å². The van der Waals surface area contributed by atoms with Gasteiger partial charge in [0.25, 0.3) is 0 Å². The number of benzene rings is 1. The first-order chi connectivity index (χ1) is 10.8. The first-order valence-electron chi connectivity index (χ1n) is 7.70. The van der Waals surface area contributed by atoms with Crippen molar-refractivity contribution in [2.24, 2.45) is 0 Å². The summed E-state index contributed by atoms with van der Waals surface area (Å²) in [5, 5.41) is 0. The van der Waals surface area contributed by atoms with Crippen LogP contribution in [0.25, 0.3) is 0 Å². The molecule has 0 saturated carbocycles. The first-order valence-corrected chi connectivity index (χ1v) is 7.70. The molecule has 0 fully saturated rings. The van der Waals surface area contributed by atoms with Gasteiger partial charge >= 0.3 is 0 Å². The number of aryl methyl sites for hydroxylation is 1. The number of ether oxygens (including phenoxy) is 2. The third-order valence-electron chi connectivity index (χ3n) is 3.80. The van der Waals surface area contributed by atoms with Crippen molar-refractivity contribution in [3.05, 3.63) is 41.6 Å². The Labute approximate surface area is 138 Å². The molecule has 0 radical (unpaired) electrons. The SMILES string of the molecule is COc1ccc(CN(Cc2ncc(C)o2)C(C)(C)C)c(OC)c1. The van der Waals surface area contributed by atoms with Gasteiger partial charge in [-0.05, 0) is 33.8 Å². The van der Waals surface area contributed by atoms with Crippen LogP contribution in [-0.2, 0) is 13.1 Å². The summed E-state index contributed by atoms with van der Waals surface area (Å²) in [6, 6.07) is 5.90. The molecular formula is C18H26N2O3. The number of oxazole rings is 1. The lowest BCUT2D eigenvalue weighted by molar-refractivity contribution is 0.105. The van der Waals surface area contributed by atoms with Gasteiger partial charge in [0, 0.05) is 23.7 Å². The average molecular weight is 318 g/mol. The van der Waals surface area contributed by atoms with E-state index >= 15 is 0 Å². The van der Waals surface area contributed by atoms with Crippen LogP contribution >= 0.6 is 0 Å². The van der Waals surface area contributed by atoms with E-state index in [9.17, 15) is 0 Å². The Morgan fingerprint density at radius 2 is 1.87 bits per heavy atom. The molecule has 0 aliphatic heterocycles. The Balaban J connectivity index is 2.24. The van der Waals surface area contributed by atoms with E-state index in [-0.39, 0.29) is 5.54 Å². The molecule has 23 heavy (non-hydrogen) atoms. The van der Waals surface area contributed by atoms with E-state index in [0.29, 0.717) is 6.54 Å². The number of methoxy groups -OCH3 is 2. The summed E-state index contributed by atoms with van der Waals surface area (Å²) in [7, 11) is 3.33. The summed E-state index contributed by atoms with van der Waals surface area (Å²) in [6.07, 6.45) is 1.75. The van der Waals surface area contributed by atoms with Crippen molar-refractivity contribution in [2.45, 2.75) is 46.3 Å². The summed E-state index contributed by atoms with van der Waals surface area (Å²) in [5.74, 6) is 3.17. The molecule has 126 valence electrons. The standard InChI is InChI=1S/C18H26N2O3/c1-13-10-19-17(23-13)12-20(18(2,3)4)11-14-7-8-15(21-5)9-16(14)22-6/h7-10H,11-12H2,1-6H3. The molecule has 5 nitrogen and oxygen atoms in total. The molecule has 1 aromatic heterocycles. The number of rotatable bonds is 6. The van der Waals surface area contributed by atoms with Gasteiger partial charge < -0.3 is 13.9 Å². The minimum atomic E-state index is -0.0344.